The zero-order valence-electron chi connectivity index (χ0n) is 27.8. The summed E-state index contributed by atoms with van der Waals surface area (Å²) in [6.07, 6.45) is 3.26. The number of likely N-dealkylation sites (tertiary alicyclic amines) is 1. The maximum atomic E-state index is 13.7. The fourth-order valence-electron chi connectivity index (χ4n) is 5.36. The van der Waals surface area contributed by atoms with Crippen molar-refractivity contribution in [2.24, 2.45) is 44.4 Å². The summed E-state index contributed by atoms with van der Waals surface area (Å²) >= 11 is 0. The zero-order chi connectivity index (χ0) is 36.3. The van der Waals surface area contributed by atoms with E-state index in [1.165, 1.54) is 17.0 Å². The van der Waals surface area contributed by atoms with Gasteiger partial charge in [0.05, 0.1) is 6.42 Å². The van der Waals surface area contributed by atoms with E-state index in [-0.39, 0.29) is 62.3 Å². The predicted octanol–water partition coefficient (Wildman–Crippen LogP) is -2.90. The maximum absolute atomic E-state index is 13.7. The number of nitrogens with zero attached hydrogens (tertiary/aromatic N) is 3. The van der Waals surface area contributed by atoms with Crippen molar-refractivity contribution in [1.29, 1.82) is 0 Å². The highest BCUT2D eigenvalue weighted by atomic mass is 16.3. The number of phenolic OH excluding ortho intramolecular Hbond substituents is 1. The molecule has 1 fully saturated rings. The van der Waals surface area contributed by atoms with Gasteiger partial charge in [-0.05, 0) is 82.0 Å². The first-order chi connectivity index (χ1) is 23.3. The average molecular weight is 689 g/mol. The van der Waals surface area contributed by atoms with E-state index in [9.17, 15) is 29.1 Å². The highest BCUT2D eigenvalue weighted by molar-refractivity contribution is 5.95. The van der Waals surface area contributed by atoms with E-state index in [4.69, 9.17) is 34.4 Å². The Morgan fingerprint density at radius 3 is 1.86 bits per heavy atom. The molecular formula is C31H52N12O6. The molecule has 2 rings (SSSR count). The lowest BCUT2D eigenvalue weighted by Gasteiger charge is -2.28. The first kappa shape index (κ1) is 40.0. The van der Waals surface area contributed by atoms with Crippen LogP contribution in [0.2, 0.25) is 0 Å². The molecule has 1 aromatic rings. The van der Waals surface area contributed by atoms with Gasteiger partial charge in [-0.2, -0.15) is 0 Å². The van der Waals surface area contributed by atoms with Gasteiger partial charge in [-0.3, -0.25) is 34.0 Å². The molecule has 1 aliphatic heterocycles. The van der Waals surface area contributed by atoms with Crippen LogP contribution in [0.1, 0.15) is 63.4 Å². The van der Waals surface area contributed by atoms with Crippen LogP contribution >= 0.6 is 0 Å². The summed E-state index contributed by atoms with van der Waals surface area (Å²) in [6.45, 7) is 1.14. The average Bonchev–Trinajstić information content (AvgIpc) is 3.54. The van der Waals surface area contributed by atoms with Gasteiger partial charge in [-0.1, -0.05) is 12.1 Å². The first-order valence-corrected chi connectivity index (χ1v) is 16.4. The SMILES string of the molecule is NCCCC[C@H](NC(=O)[C@@H]1CCCN1C(=O)Cc1ccc(O)cc1)C(=O)N[C@@H](CCCN=C(N)N)C(=O)N[C@H](CCCN=C(N)N)C(N)=O. The standard InChI is InChI=1S/C31H52N12O6/c32-14-2-1-6-22(42-29(49)24-9-5-17-43(24)25(45)18-19-10-12-20(44)13-11-19)28(48)41-23(8-4-16-39-31(36)37)27(47)40-21(26(33)46)7-3-15-38-30(34)35/h10-13,21-24,44H,1-9,14-18,32H2,(H2,33,46)(H,40,47)(H,41,48)(H,42,49)(H4,34,35,38)(H4,36,37,39)/t21-,22+,23+,24+/m1/s1. The van der Waals surface area contributed by atoms with Crippen LogP contribution < -0.4 is 50.4 Å². The van der Waals surface area contributed by atoms with Gasteiger partial charge >= 0.3 is 0 Å². The number of primary amides is 1. The van der Waals surface area contributed by atoms with Crippen LogP contribution in [-0.2, 0) is 30.4 Å². The molecule has 0 bridgehead atoms. The van der Waals surface area contributed by atoms with Crippen LogP contribution in [0.5, 0.6) is 5.75 Å². The molecule has 49 heavy (non-hydrogen) atoms. The molecule has 272 valence electrons. The number of rotatable bonds is 21. The lowest BCUT2D eigenvalue weighted by Crippen LogP contribution is -2.58. The minimum atomic E-state index is -1.13. The summed E-state index contributed by atoms with van der Waals surface area (Å²) in [5.41, 5.74) is 33.4. The Hall–Kier alpha value is -5.13. The second-order valence-electron chi connectivity index (χ2n) is 11.9. The number of nitrogens with one attached hydrogen (secondary N) is 3. The predicted molar refractivity (Wildman–Crippen MR) is 184 cm³/mol. The summed E-state index contributed by atoms with van der Waals surface area (Å²) < 4.78 is 0. The van der Waals surface area contributed by atoms with Crippen molar-refractivity contribution in [1.82, 2.24) is 20.9 Å². The van der Waals surface area contributed by atoms with Gasteiger partial charge in [0.1, 0.15) is 29.9 Å². The van der Waals surface area contributed by atoms with Gasteiger partial charge in [-0.15, -0.1) is 0 Å². The van der Waals surface area contributed by atoms with Crippen LogP contribution in [0.25, 0.3) is 0 Å². The summed E-state index contributed by atoms with van der Waals surface area (Å²) in [5, 5.41) is 17.6. The van der Waals surface area contributed by atoms with Crippen molar-refractivity contribution in [3.8, 4) is 5.75 Å². The van der Waals surface area contributed by atoms with Crippen molar-refractivity contribution in [2.75, 3.05) is 26.2 Å². The van der Waals surface area contributed by atoms with E-state index < -0.39 is 47.8 Å². The molecule has 0 unspecified atom stereocenters. The molecule has 0 spiro atoms. The molecule has 1 aliphatic rings. The van der Waals surface area contributed by atoms with Crippen LogP contribution in [0.15, 0.2) is 34.3 Å². The highest BCUT2D eigenvalue weighted by Gasteiger charge is 2.36. The third-order valence-corrected chi connectivity index (χ3v) is 7.93. The number of carbonyl (C=O) groups is 5. The van der Waals surface area contributed by atoms with Crippen molar-refractivity contribution in [3.05, 3.63) is 29.8 Å². The Bertz CT molecular complexity index is 1310. The second kappa shape index (κ2) is 21.0. The molecular weight excluding hydrogens is 636 g/mol. The molecule has 1 saturated heterocycles. The minimum Gasteiger partial charge on any atom is -0.508 e. The number of aliphatic imine (C=N–C) groups is 2. The van der Waals surface area contributed by atoms with Gasteiger partial charge in [0.25, 0.3) is 0 Å². The van der Waals surface area contributed by atoms with E-state index >= 15 is 0 Å². The summed E-state index contributed by atoms with van der Waals surface area (Å²) in [5.74, 6) is -3.00. The molecule has 0 aliphatic carbocycles. The Labute approximate surface area is 285 Å². The monoisotopic (exact) mass is 688 g/mol. The van der Waals surface area contributed by atoms with E-state index in [1.807, 2.05) is 0 Å². The lowest BCUT2D eigenvalue weighted by molar-refractivity contribution is -0.139. The molecule has 1 aromatic carbocycles. The third-order valence-electron chi connectivity index (χ3n) is 7.93. The first-order valence-electron chi connectivity index (χ1n) is 16.4. The Morgan fingerprint density at radius 1 is 0.776 bits per heavy atom. The van der Waals surface area contributed by atoms with Gasteiger partial charge in [-0.25, -0.2) is 0 Å². The Morgan fingerprint density at radius 2 is 1.31 bits per heavy atom. The lowest BCUT2D eigenvalue weighted by atomic mass is 10.0. The number of hydrogen-bond donors (Lipinski definition) is 10. The normalized spacial score (nSPS) is 15.7. The van der Waals surface area contributed by atoms with Gasteiger partial charge in [0.2, 0.25) is 29.5 Å². The number of benzene rings is 1. The van der Waals surface area contributed by atoms with Gasteiger partial charge in [0, 0.05) is 19.6 Å². The highest BCUT2D eigenvalue weighted by Crippen LogP contribution is 2.20. The largest absolute Gasteiger partial charge is 0.508 e. The zero-order valence-corrected chi connectivity index (χ0v) is 27.8. The number of amides is 5. The topological polar surface area (TPSA) is 326 Å². The fourth-order valence-corrected chi connectivity index (χ4v) is 5.36. The Kier molecular flexibility index (Phi) is 17.1. The van der Waals surface area contributed by atoms with Crippen molar-refractivity contribution < 1.29 is 29.1 Å². The maximum Gasteiger partial charge on any atom is 0.243 e. The summed E-state index contributed by atoms with van der Waals surface area (Å²) in [6, 6.07) is 2.21. The van der Waals surface area contributed by atoms with Crippen LogP contribution in [-0.4, -0.2) is 102 Å². The van der Waals surface area contributed by atoms with E-state index in [0.717, 1.165) is 0 Å². The molecule has 5 amide bonds. The van der Waals surface area contributed by atoms with Crippen molar-refractivity contribution in [3.63, 3.8) is 0 Å². The summed E-state index contributed by atoms with van der Waals surface area (Å²) in [7, 11) is 0. The number of guanidine groups is 2. The number of hydrogen-bond acceptors (Lipinski definition) is 9. The number of nitrogens with two attached hydrogens (primary N) is 6. The molecule has 0 aromatic heterocycles. The van der Waals surface area contributed by atoms with Gasteiger partial charge in [0.15, 0.2) is 11.9 Å². The van der Waals surface area contributed by atoms with Crippen molar-refractivity contribution >= 4 is 41.5 Å². The molecule has 16 N–H and O–H groups in total. The molecule has 1 heterocycles. The smallest absolute Gasteiger partial charge is 0.243 e. The number of unbranched alkanes of at least 4 members (excludes halogenated alkanes) is 1. The van der Waals surface area contributed by atoms with Crippen LogP contribution in [0, 0.1) is 0 Å². The molecule has 0 radical (unpaired) electrons. The fraction of sp³-hybridized carbons (Fsp3) is 0.581. The summed E-state index contributed by atoms with van der Waals surface area (Å²) in [4.78, 5) is 75.2. The quantitative estimate of drug-likeness (QED) is 0.0355. The molecule has 0 saturated carbocycles. The molecule has 18 heteroatoms. The number of carbonyl (C=O) groups excluding carboxylic acids is 5. The van der Waals surface area contributed by atoms with E-state index in [0.29, 0.717) is 57.2 Å². The van der Waals surface area contributed by atoms with Crippen LogP contribution in [0.3, 0.4) is 0 Å². The Balaban J connectivity index is 2.18. The van der Waals surface area contributed by atoms with Crippen LogP contribution in [0.4, 0.5) is 0 Å². The molecule has 4 atom stereocenters. The second-order valence-corrected chi connectivity index (χ2v) is 11.9. The van der Waals surface area contributed by atoms with Crippen molar-refractivity contribution in [2.45, 2.75) is 88.4 Å². The number of phenols is 1. The van der Waals surface area contributed by atoms with E-state index in [1.54, 1.807) is 12.1 Å². The third kappa shape index (κ3) is 14.7. The van der Waals surface area contributed by atoms with E-state index in [2.05, 4.69) is 25.9 Å². The molecule has 18 nitrogen and oxygen atoms in total. The minimum absolute atomic E-state index is 0.0434. The number of aromatic hydroxyl groups is 1. The van der Waals surface area contributed by atoms with Gasteiger partial charge < -0.3 is 60.4 Å².